The maximum Gasteiger partial charge on any atom is 0.356 e. The van der Waals surface area contributed by atoms with Gasteiger partial charge in [-0.15, -0.1) is 10.2 Å². The minimum absolute atomic E-state index is 0.0844. The van der Waals surface area contributed by atoms with Crippen LogP contribution in [0, 0.1) is 5.92 Å². The fraction of sp³-hybridized carbons (Fsp3) is 0.545. The highest BCUT2D eigenvalue weighted by Crippen LogP contribution is 2.12. The number of carboxylic acids is 1. The highest BCUT2D eigenvalue weighted by molar-refractivity contribution is 5.85. The average Bonchev–Trinajstić information content (AvgIpc) is 2.29. The third-order valence-electron chi connectivity index (χ3n) is 2.46. The summed E-state index contributed by atoms with van der Waals surface area (Å²) < 4.78 is 0. The maximum atomic E-state index is 10.6. The van der Waals surface area contributed by atoms with Gasteiger partial charge in [-0.05, 0) is 24.5 Å². The second-order valence-corrected chi connectivity index (χ2v) is 4.12. The highest BCUT2D eigenvalue weighted by atomic mass is 16.4. The number of carboxylic acid groups (broad SMARTS) is 1. The topological polar surface area (TPSA) is 95.3 Å². The number of aromatic carboxylic acids is 1. The molecule has 17 heavy (non-hydrogen) atoms. The lowest BCUT2D eigenvalue weighted by molar-refractivity contribution is 0.0689. The fourth-order valence-electron chi connectivity index (χ4n) is 1.42. The molecular formula is C11H17N3O3. The van der Waals surface area contributed by atoms with Gasteiger partial charge < -0.3 is 15.5 Å². The molecule has 0 fully saturated rings. The number of anilines is 1. The molecule has 0 amide bonds. The van der Waals surface area contributed by atoms with Gasteiger partial charge in [-0.25, -0.2) is 4.79 Å². The minimum Gasteiger partial charge on any atom is -0.476 e. The number of rotatable bonds is 6. The normalized spacial score (nSPS) is 12.5. The molecule has 1 aromatic heterocycles. The molecule has 1 atom stereocenters. The van der Waals surface area contributed by atoms with Crippen molar-refractivity contribution in [1.29, 1.82) is 0 Å². The smallest absolute Gasteiger partial charge is 0.356 e. The summed E-state index contributed by atoms with van der Waals surface area (Å²) >= 11 is 0. The standard InChI is InChI=1S/C11H17N3O3/c1-7(2)8(5-6-15)12-10-4-3-9(11(16)17)13-14-10/h3-4,7-8,15H,5-6H2,1-2H3,(H,12,14)(H,16,17). The molecule has 0 aliphatic carbocycles. The van der Waals surface area contributed by atoms with Crippen LogP contribution in [0.4, 0.5) is 5.82 Å². The molecule has 0 bridgehead atoms. The third-order valence-corrected chi connectivity index (χ3v) is 2.46. The van der Waals surface area contributed by atoms with E-state index in [0.29, 0.717) is 18.2 Å². The largest absolute Gasteiger partial charge is 0.476 e. The van der Waals surface area contributed by atoms with E-state index in [1.807, 2.05) is 13.8 Å². The predicted molar refractivity (Wildman–Crippen MR) is 62.9 cm³/mol. The van der Waals surface area contributed by atoms with Crippen molar-refractivity contribution < 1.29 is 15.0 Å². The second kappa shape index (κ2) is 6.15. The van der Waals surface area contributed by atoms with Crippen LogP contribution in [-0.2, 0) is 0 Å². The molecule has 0 aromatic carbocycles. The molecule has 6 nitrogen and oxygen atoms in total. The van der Waals surface area contributed by atoms with E-state index in [4.69, 9.17) is 10.2 Å². The first-order valence-corrected chi connectivity index (χ1v) is 5.49. The van der Waals surface area contributed by atoms with Gasteiger partial charge in [0.15, 0.2) is 5.69 Å². The molecule has 0 saturated heterocycles. The molecule has 1 heterocycles. The van der Waals surface area contributed by atoms with E-state index in [-0.39, 0.29) is 18.3 Å². The number of hydrogen-bond acceptors (Lipinski definition) is 5. The number of aliphatic hydroxyl groups is 1. The average molecular weight is 239 g/mol. The molecule has 1 unspecified atom stereocenters. The van der Waals surface area contributed by atoms with Gasteiger partial charge in [0.05, 0.1) is 0 Å². The molecule has 0 aliphatic rings. The van der Waals surface area contributed by atoms with Crippen LogP contribution in [0.2, 0.25) is 0 Å². The van der Waals surface area contributed by atoms with Crippen LogP contribution in [0.3, 0.4) is 0 Å². The Balaban J connectivity index is 2.69. The Morgan fingerprint density at radius 2 is 2.12 bits per heavy atom. The Labute approximate surface area is 99.7 Å². The maximum absolute atomic E-state index is 10.6. The number of aromatic nitrogens is 2. The summed E-state index contributed by atoms with van der Waals surface area (Å²) in [4.78, 5) is 10.6. The van der Waals surface area contributed by atoms with E-state index in [1.165, 1.54) is 6.07 Å². The van der Waals surface area contributed by atoms with Gasteiger partial charge in [0.2, 0.25) is 0 Å². The van der Waals surface area contributed by atoms with Crippen LogP contribution < -0.4 is 5.32 Å². The van der Waals surface area contributed by atoms with Crippen LogP contribution in [-0.4, -0.2) is 39.0 Å². The number of carbonyl (C=O) groups is 1. The number of aliphatic hydroxyl groups excluding tert-OH is 1. The predicted octanol–water partition coefficient (Wildman–Crippen LogP) is 0.994. The summed E-state index contributed by atoms with van der Waals surface area (Å²) in [5, 5.41) is 28.1. The zero-order valence-corrected chi connectivity index (χ0v) is 9.92. The number of hydrogen-bond donors (Lipinski definition) is 3. The van der Waals surface area contributed by atoms with Crippen LogP contribution in [0.15, 0.2) is 12.1 Å². The van der Waals surface area contributed by atoms with Crippen molar-refractivity contribution in [1.82, 2.24) is 10.2 Å². The Hall–Kier alpha value is -1.69. The van der Waals surface area contributed by atoms with E-state index in [9.17, 15) is 4.79 Å². The molecule has 3 N–H and O–H groups in total. The molecule has 0 saturated carbocycles. The summed E-state index contributed by atoms with van der Waals surface area (Å²) in [6, 6.07) is 3.06. The van der Waals surface area contributed by atoms with Gasteiger partial charge in [-0.2, -0.15) is 0 Å². The van der Waals surface area contributed by atoms with Gasteiger partial charge in [0, 0.05) is 12.6 Å². The van der Waals surface area contributed by atoms with Gasteiger partial charge in [0.25, 0.3) is 0 Å². The van der Waals surface area contributed by atoms with Crippen molar-refractivity contribution in [3.8, 4) is 0 Å². The van der Waals surface area contributed by atoms with Gasteiger partial charge in [-0.3, -0.25) is 0 Å². The van der Waals surface area contributed by atoms with E-state index < -0.39 is 5.97 Å². The zero-order valence-electron chi connectivity index (χ0n) is 9.92. The zero-order chi connectivity index (χ0) is 12.8. The molecule has 94 valence electrons. The fourth-order valence-corrected chi connectivity index (χ4v) is 1.42. The molecule has 6 heteroatoms. The summed E-state index contributed by atoms with van der Waals surface area (Å²) in [7, 11) is 0. The third kappa shape index (κ3) is 3.99. The summed E-state index contributed by atoms with van der Waals surface area (Å²) in [5.41, 5.74) is -0.0844. The lowest BCUT2D eigenvalue weighted by atomic mass is 10.0. The van der Waals surface area contributed by atoms with Crippen molar-refractivity contribution in [3.05, 3.63) is 17.8 Å². The van der Waals surface area contributed by atoms with Crippen molar-refractivity contribution in [2.45, 2.75) is 26.3 Å². The first-order chi connectivity index (χ1) is 8.04. The SMILES string of the molecule is CC(C)C(CCO)Nc1ccc(C(=O)O)nn1. The number of nitrogens with one attached hydrogen (secondary N) is 1. The van der Waals surface area contributed by atoms with Crippen LogP contribution in [0.1, 0.15) is 30.8 Å². The molecule has 0 spiro atoms. The molecule has 1 rings (SSSR count). The van der Waals surface area contributed by atoms with Crippen molar-refractivity contribution in [3.63, 3.8) is 0 Å². The highest BCUT2D eigenvalue weighted by Gasteiger charge is 2.13. The molecule has 0 radical (unpaired) electrons. The van der Waals surface area contributed by atoms with Crippen LogP contribution in [0.5, 0.6) is 0 Å². The van der Waals surface area contributed by atoms with E-state index >= 15 is 0 Å². The summed E-state index contributed by atoms with van der Waals surface area (Å²) in [6.45, 7) is 4.16. The Morgan fingerprint density at radius 3 is 2.53 bits per heavy atom. The summed E-state index contributed by atoms with van der Waals surface area (Å²) in [5.74, 6) is -0.245. The first-order valence-electron chi connectivity index (χ1n) is 5.49. The number of nitrogens with zero attached hydrogens (tertiary/aromatic N) is 2. The first kappa shape index (κ1) is 13.4. The quantitative estimate of drug-likeness (QED) is 0.685. The Kier molecular flexibility index (Phi) is 4.84. The lowest BCUT2D eigenvalue weighted by Crippen LogP contribution is -2.27. The van der Waals surface area contributed by atoms with Gasteiger partial charge in [0.1, 0.15) is 5.82 Å². The monoisotopic (exact) mass is 239 g/mol. The second-order valence-electron chi connectivity index (χ2n) is 4.12. The molecule has 1 aromatic rings. The molecular weight excluding hydrogens is 222 g/mol. The van der Waals surface area contributed by atoms with Crippen LogP contribution in [0.25, 0.3) is 0 Å². The van der Waals surface area contributed by atoms with E-state index in [1.54, 1.807) is 6.07 Å². The van der Waals surface area contributed by atoms with Gasteiger partial charge >= 0.3 is 5.97 Å². The molecule has 0 aliphatic heterocycles. The van der Waals surface area contributed by atoms with Crippen molar-refractivity contribution >= 4 is 11.8 Å². The van der Waals surface area contributed by atoms with Crippen LogP contribution >= 0.6 is 0 Å². The van der Waals surface area contributed by atoms with Crippen molar-refractivity contribution in [2.24, 2.45) is 5.92 Å². The van der Waals surface area contributed by atoms with Crippen molar-refractivity contribution in [2.75, 3.05) is 11.9 Å². The lowest BCUT2D eigenvalue weighted by Gasteiger charge is -2.21. The van der Waals surface area contributed by atoms with E-state index in [2.05, 4.69) is 15.5 Å². The minimum atomic E-state index is -1.10. The Morgan fingerprint density at radius 1 is 1.41 bits per heavy atom. The summed E-state index contributed by atoms with van der Waals surface area (Å²) in [6.07, 6.45) is 0.611. The Bertz CT molecular complexity index is 365. The van der Waals surface area contributed by atoms with E-state index in [0.717, 1.165) is 0 Å². The van der Waals surface area contributed by atoms with Gasteiger partial charge in [-0.1, -0.05) is 13.8 Å².